The van der Waals surface area contributed by atoms with Gasteiger partial charge in [-0.25, -0.2) is 13.6 Å². The molecule has 0 aliphatic rings. The molecule has 21 heavy (non-hydrogen) atoms. The largest absolute Gasteiger partial charge is 0.352 e. The van der Waals surface area contributed by atoms with Crippen molar-refractivity contribution >= 4 is 31.9 Å². The van der Waals surface area contributed by atoms with Gasteiger partial charge in [0, 0.05) is 16.6 Å². The Hall–Kier alpha value is -0.920. The molecule has 0 radical (unpaired) electrons. The average molecular weight is 377 g/mol. The standard InChI is InChI=1S/C14H21BrN2O3S/c1-9-7-10(8-11(12(9)15)21(16,19)20)13(18)17-6-5-14(2,3)4/h7-8H,5-6H2,1-4H3,(H,17,18)(H2,16,19,20). The Morgan fingerprint density at radius 2 is 1.90 bits per heavy atom. The van der Waals surface area contributed by atoms with Crippen molar-refractivity contribution in [3.8, 4) is 0 Å². The summed E-state index contributed by atoms with van der Waals surface area (Å²) in [5.41, 5.74) is 1.05. The van der Waals surface area contributed by atoms with Crippen LogP contribution in [0.1, 0.15) is 43.1 Å². The molecule has 0 saturated carbocycles. The molecule has 0 fully saturated rings. The highest BCUT2D eigenvalue weighted by Crippen LogP contribution is 2.26. The van der Waals surface area contributed by atoms with Crippen LogP contribution in [0.15, 0.2) is 21.5 Å². The molecule has 118 valence electrons. The highest BCUT2D eigenvalue weighted by molar-refractivity contribution is 9.10. The molecular weight excluding hydrogens is 356 g/mol. The molecule has 0 atom stereocenters. The van der Waals surface area contributed by atoms with Gasteiger partial charge in [-0.2, -0.15) is 0 Å². The SMILES string of the molecule is Cc1cc(C(=O)NCCC(C)(C)C)cc(S(N)(=O)=O)c1Br. The van der Waals surface area contributed by atoms with E-state index in [9.17, 15) is 13.2 Å². The summed E-state index contributed by atoms with van der Waals surface area (Å²) in [6.45, 7) is 8.50. The summed E-state index contributed by atoms with van der Waals surface area (Å²) >= 11 is 3.19. The molecule has 0 unspecified atom stereocenters. The first-order valence-corrected chi connectivity index (χ1v) is 8.87. The van der Waals surface area contributed by atoms with Crippen LogP contribution in [0.25, 0.3) is 0 Å². The fourth-order valence-electron chi connectivity index (χ4n) is 1.73. The number of benzene rings is 1. The van der Waals surface area contributed by atoms with Gasteiger partial charge in [-0.05, 0) is 52.4 Å². The van der Waals surface area contributed by atoms with E-state index in [-0.39, 0.29) is 21.8 Å². The minimum absolute atomic E-state index is 0.0801. The third-order valence-corrected chi connectivity index (χ3v) is 5.20. The van der Waals surface area contributed by atoms with Crippen LogP contribution < -0.4 is 10.5 Å². The smallest absolute Gasteiger partial charge is 0.251 e. The average Bonchev–Trinajstić information content (AvgIpc) is 2.29. The van der Waals surface area contributed by atoms with E-state index in [0.717, 1.165) is 6.42 Å². The van der Waals surface area contributed by atoms with E-state index in [1.807, 2.05) is 0 Å². The number of amides is 1. The number of hydrogen-bond donors (Lipinski definition) is 2. The summed E-state index contributed by atoms with van der Waals surface area (Å²) in [5.74, 6) is -0.306. The number of rotatable bonds is 4. The summed E-state index contributed by atoms with van der Waals surface area (Å²) in [6.07, 6.45) is 0.830. The second-order valence-corrected chi connectivity index (χ2v) is 8.54. The Morgan fingerprint density at radius 3 is 2.38 bits per heavy atom. The Kier molecular flexibility index (Phi) is 5.57. The van der Waals surface area contributed by atoms with Gasteiger partial charge >= 0.3 is 0 Å². The Morgan fingerprint density at radius 1 is 1.33 bits per heavy atom. The maximum absolute atomic E-state index is 12.1. The van der Waals surface area contributed by atoms with Gasteiger partial charge in [0.2, 0.25) is 10.0 Å². The molecule has 0 aliphatic carbocycles. The number of hydrogen-bond acceptors (Lipinski definition) is 3. The first kappa shape index (κ1) is 18.1. The van der Waals surface area contributed by atoms with Crippen molar-refractivity contribution in [2.75, 3.05) is 6.54 Å². The van der Waals surface area contributed by atoms with E-state index in [0.29, 0.717) is 16.6 Å². The number of carbonyl (C=O) groups is 1. The van der Waals surface area contributed by atoms with Gasteiger partial charge in [0.05, 0.1) is 4.90 Å². The van der Waals surface area contributed by atoms with Crippen molar-refractivity contribution in [1.29, 1.82) is 0 Å². The van der Waals surface area contributed by atoms with Crippen molar-refractivity contribution in [3.05, 3.63) is 27.7 Å². The Balaban J connectivity index is 2.99. The van der Waals surface area contributed by atoms with Gasteiger partial charge in [0.25, 0.3) is 5.91 Å². The van der Waals surface area contributed by atoms with Crippen LogP contribution >= 0.6 is 15.9 Å². The normalized spacial score (nSPS) is 12.3. The number of nitrogens with two attached hydrogens (primary N) is 1. The van der Waals surface area contributed by atoms with Crippen LogP contribution in [0.4, 0.5) is 0 Å². The third kappa shape index (κ3) is 5.41. The molecule has 0 heterocycles. The zero-order chi connectivity index (χ0) is 16.4. The van der Waals surface area contributed by atoms with Crippen LogP contribution in [-0.4, -0.2) is 20.9 Å². The predicted molar refractivity (Wildman–Crippen MR) is 86.7 cm³/mol. The molecule has 5 nitrogen and oxygen atoms in total. The lowest BCUT2D eigenvalue weighted by molar-refractivity contribution is 0.0949. The van der Waals surface area contributed by atoms with Gasteiger partial charge in [0.15, 0.2) is 0 Å². The van der Waals surface area contributed by atoms with Gasteiger partial charge in [-0.1, -0.05) is 20.8 Å². The number of halogens is 1. The molecule has 7 heteroatoms. The minimum Gasteiger partial charge on any atom is -0.352 e. The molecule has 1 aromatic carbocycles. The molecule has 0 saturated heterocycles. The van der Waals surface area contributed by atoms with Crippen molar-refractivity contribution in [2.45, 2.75) is 39.0 Å². The van der Waals surface area contributed by atoms with E-state index in [1.54, 1.807) is 13.0 Å². The lowest BCUT2D eigenvalue weighted by atomic mass is 9.92. The predicted octanol–water partition coefficient (Wildman–Crippen LogP) is 2.57. The third-order valence-electron chi connectivity index (χ3n) is 2.95. The lowest BCUT2D eigenvalue weighted by Crippen LogP contribution is -2.27. The summed E-state index contributed by atoms with van der Waals surface area (Å²) in [7, 11) is -3.88. The number of primary sulfonamides is 1. The van der Waals surface area contributed by atoms with Crippen molar-refractivity contribution in [3.63, 3.8) is 0 Å². The van der Waals surface area contributed by atoms with Crippen LogP contribution in [0, 0.1) is 12.3 Å². The molecule has 1 rings (SSSR count). The lowest BCUT2D eigenvalue weighted by Gasteiger charge is -2.18. The second kappa shape index (κ2) is 6.46. The summed E-state index contributed by atoms with van der Waals surface area (Å²) in [6, 6.07) is 2.92. The highest BCUT2D eigenvalue weighted by atomic mass is 79.9. The zero-order valence-corrected chi connectivity index (χ0v) is 15.1. The fourth-order valence-corrected chi connectivity index (χ4v) is 3.34. The number of aryl methyl sites for hydroxylation is 1. The van der Waals surface area contributed by atoms with Crippen molar-refractivity contribution in [1.82, 2.24) is 5.32 Å². The minimum atomic E-state index is -3.88. The molecule has 0 aliphatic heterocycles. The molecule has 1 amide bonds. The molecule has 0 spiro atoms. The van der Waals surface area contributed by atoms with Crippen molar-refractivity contribution in [2.24, 2.45) is 10.6 Å². The summed E-state index contributed by atoms with van der Waals surface area (Å²) in [4.78, 5) is 12.0. The van der Waals surface area contributed by atoms with Crippen LogP contribution in [0.2, 0.25) is 0 Å². The van der Waals surface area contributed by atoms with E-state index in [4.69, 9.17) is 5.14 Å². The van der Waals surface area contributed by atoms with Crippen LogP contribution in [0.5, 0.6) is 0 Å². The summed E-state index contributed by atoms with van der Waals surface area (Å²) < 4.78 is 23.5. The van der Waals surface area contributed by atoms with Gasteiger partial charge in [-0.3, -0.25) is 4.79 Å². The second-order valence-electron chi connectivity index (χ2n) is 6.22. The molecule has 1 aromatic rings. The molecular formula is C14H21BrN2O3S. The summed E-state index contributed by atoms with van der Waals surface area (Å²) in [5, 5.41) is 7.95. The molecule has 0 aromatic heterocycles. The Bertz CT molecular complexity index is 649. The first-order chi connectivity index (χ1) is 9.42. The van der Waals surface area contributed by atoms with E-state index in [2.05, 4.69) is 42.0 Å². The first-order valence-electron chi connectivity index (χ1n) is 6.53. The molecule has 0 bridgehead atoms. The Labute approximate surface area is 134 Å². The zero-order valence-electron chi connectivity index (χ0n) is 12.7. The fraction of sp³-hybridized carbons (Fsp3) is 0.500. The van der Waals surface area contributed by atoms with Crippen molar-refractivity contribution < 1.29 is 13.2 Å². The quantitative estimate of drug-likeness (QED) is 0.845. The van der Waals surface area contributed by atoms with Crippen LogP contribution in [0.3, 0.4) is 0 Å². The maximum atomic E-state index is 12.1. The maximum Gasteiger partial charge on any atom is 0.251 e. The highest BCUT2D eigenvalue weighted by Gasteiger charge is 2.18. The van der Waals surface area contributed by atoms with Gasteiger partial charge in [-0.15, -0.1) is 0 Å². The molecule has 3 N–H and O–H groups in total. The van der Waals surface area contributed by atoms with E-state index < -0.39 is 10.0 Å². The van der Waals surface area contributed by atoms with Crippen LogP contribution in [-0.2, 0) is 10.0 Å². The van der Waals surface area contributed by atoms with E-state index in [1.165, 1.54) is 6.07 Å². The number of sulfonamides is 1. The number of carbonyl (C=O) groups excluding carboxylic acids is 1. The van der Waals surface area contributed by atoms with Gasteiger partial charge in [0.1, 0.15) is 0 Å². The van der Waals surface area contributed by atoms with Gasteiger partial charge < -0.3 is 5.32 Å². The number of nitrogens with one attached hydrogen (secondary N) is 1. The van der Waals surface area contributed by atoms with E-state index >= 15 is 0 Å². The topological polar surface area (TPSA) is 89.3 Å². The monoisotopic (exact) mass is 376 g/mol.